The quantitative estimate of drug-likeness (QED) is 0.516. The minimum Gasteiger partial charge on any atom is -0.468 e. The first kappa shape index (κ1) is 23.6. The van der Waals surface area contributed by atoms with Gasteiger partial charge in [0.25, 0.3) is 5.91 Å². The molecule has 0 fully saturated rings. The van der Waals surface area contributed by atoms with E-state index in [4.69, 9.17) is 4.74 Å². The molecule has 3 aromatic rings. The molecule has 2 amide bonds. The molecule has 3 rings (SSSR count). The first-order valence-electron chi connectivity index (χ1n) is 9.57. The van der Waals surface area contributed by atoms with Gasteiger partial charge in [0.2, 0.25) is 11.8 Å². The van der Waals surface area contributed by atoms with Crippen LogP contribution in [0, 0.1) is 5.82 Å². The van der Waals surface area contributed by atoms with E-state index in [2.05, 4.69) is 20.6 Å². The summed E-state index contributed by atoms with van der Waals surface area (Å²) < 4.78 is 55.9. The van der Waals surface area contributed by atoms with Crippen LogP contribution in [0.5, 0.6) is 5.88 Å². The summed E-state index contributed by atoms with van der Waals surface area (Å²) in [6.45, 7) is -0.234. The van der Waals surface area contributed by atoms with Gasteiger partial charge in [-0.3, -0.25) is 9.59 Å². The van der Waals surface area contributed by atoms with Crippen LogP contribution >= 0.6 is 0 Å². The van der Waals surface area contributed by atoms with Gasteiger partial charge >= 0.3 is 6.18 Å². The van der Waals surface area contributed by atoms with Crippen LogP contribution in [-0.2, 0) is 11.3 Å². The van der Waals surface area contributed by atoms with Crippen molar-refractivity contribution < 1.29 is 31.9 Å². The van der Waals surface area contributed by atoms with Crippen LogP contribution in [0.1, 0.15) is 22.8 Å². The zero-order chi connectivity index (χ0) is 24.0. The third-order valence-electron chi connectivity index (χ3n) is 4.21. The van der Waals surface area contributed by atoms with E-state index in [-0.39, 0.29) is 35.3 Å². The molecule has 0 aliphatic carbocycles. The number of halogens is 4. The number of anilines is 1. The van der Waals surface area contributed by atoms with E-state index in [1.54, 1.807) is 0 Å². The Balaban J connectivity index is 1.79. The van der Waals surface area contributed by atoms with Crippen molar-refractivity contribution in [1.82, 2.24) is 15.3 Å². The molecule has 0 aliphatic rings. The molecule has 2 N–H and O–H groups in total. The molecule has 0 unspecified atom stereocenters. The number of pyridine rings is 2. The van der Waals surface area contributed by atoms with Gasteiger partial charge in [-0.2, -0.15) is 13.2 Å². The normalized spacial score (nSPS) is 11.1. The van der Waals surface area contributed by atoms with Crippen LogP contribution < -0.4 is 15.4 Å². The summed E-state index contributed by atoms with van der Waals surface area (Å²) in [6, 6.07) is 9.44. The number of rotatable bonds is 7. The Hall–Kier alpha value is -4.02. The van der Waals surface area contributed by atoms with Gasteiger partial charge in [-0.05, 0) is 41.5 Å². The summed E-state index contributed by atoms with van der Waals surface area (Å²) in [5, 5.41) is 5.13. The number of alkyl halides is 3. The van der Waals surface area contributed by atoms with E-state index in [9.17, 15) is 27.2 Å². The van der Waals surface area contributed by atoms with Crippen molar-refractivity contribution >= 4 is 17.6 Å². The van der Waals surface area contributed by atoms with E-state index >= 15 is 0 Å². The Labute approximate surface area is 185 Å². The van der Waals surface area contributed by atoms with Gasteiger partial charge in [-0.15, -0.1) is 0 Å². The summed E-state index contributed by atoms with van der Waals surface area (Å²) in [6.07, 6.45) is -1.93. The van der Waals surface area contributed by atoms with E-state index in [0.29, 0.717) is 11.1 Å². The van der Waals surface area contributed by atoms with Crippen LogP contribution in [-0.4, -0.2) is 34.6 Å². The van der Waals surface area contributed by atoms with Crippen molar-refractivity contribution in [3.05, 3.63) is 71.8 Å². The van der Waals surface area contributed by atoms with Crippen molar-refractivity contribution in [2.24, 2.45) is 0 Å². The summed E-state index contributed by atoms with van der Waals surface area (Å²) in [5.74, 6) is -1.38. The lowest BCUT2D eigenvalue weighted by atomic mass is 10.1. The number of hydrogen-bond acceptors (Lipinski definition) is 5. The second kappa shape index (κ2) is 10.1. The van der Waals surface area contributed by atoms with Crippen molar-refractivity contribution in [2.45, 2.75) is 19.6 Å². The highest BCUT2D eigenvalue weighted by molar-refractivity contribution is 5.96. The zero-order valence-electron chi connectivity index (χ0n) is 17.2. The molecule has 2 heterocycles. The van der Waals surface area contributed by atoms with Crippen molar-refractivity contribution in [3.63, 3.8) is 0 Å². The monoisotopic (exact) mass is 462 g/mol. The predicted octanol–water partition coefficient (Wildman–Crippen LogP) is 4.11. The lowest BCUT2D eigenvalue weighted by molar-refractivity contribution is -0.154. The molecule has 0 spiro atoms. The SMILES string of the molecule is CC(=O)Nc1cc(C(=O)NCc2cnc(OCC(F)(F)F)c(-c3ccc(F)cc3)c2)ccn1. The van der Waals surface area contributed by atoms with Gasteiger partial charge in [0.15, 0.2) is 6.61 Å². The molecular weight excluding hydrogens is 444 g/mol. The fraction of sp³-hybridized carbons (Fsp3) is 0.182. The highest BCUT2D eigenvalue weighted by atomic mass is 19.4. The van der Waals surface area contributed by atoms with E-state index < -0.39 is 24.5 Å². The third-order valence-corrected chi connectivity index (χ3v) is 4.21. The minimum absolute atomic E-state index is 0.00261. The maximum absolute atomic E-state index is 13.3. The second-order valence-corrected chi connectivity index (χ2v) is 6.90. The van der Waals surface area contributed by atoms with Crippen LogP contribution in [0.4, 0.5) is 23.4 Å². The molecule has 1 aromatic carbocycles. The molecule has 0 atom stereocenters. The Bertz CT molecular complexity index is 1150. The third kappa shape index (κ3) is 6.99. The highest BCUT2D eigenvalue weighted by Gasteiger charge is 2.29. The second-order valence-electron chi connectivity index (χ2n) is 6.90. The fourth-order valence-electron chi connectivity index (χ4n) is 2.80. The van der Waals surface area contributed by atoms with E-state index in [1.807, 2.05) is 0 Å². The summed E-state index contributed by atoms with van der Waals surface area (Å²) in [5.41, 5.74) is 1.31. The minimum atomic E-state index is -4.56. The molecule has 0 saturated carbocycles. The zero-order valence-corrected chi connectivity index (χ0v) is 17.2. The van der Waals surface area contributed by atoms with Gasteiger partial charge in [-0.25, -0.2) is 14.4 Å². The number of aromatic nitrogens is 2. The van der Waals surface area contributed by atoms with Crippen LogP contribution in [0.25, 0.3) is 11.1 Å². The standard InChI is InChI=1S/C22H18F4N4O3/c1-13(31)30-19-9-16(6-7-27-19)20(32)28-10-14-8-18(15-2-4-17(23)5-3-15)21(29-11-14)33-12-22(24,25)26/h2-9,11H,10,12H2,1H3,(H,28,32)(H,27,30,31). The number of nitrogens with zero attached hydrogens (tertiary/aromatic N) is 2. The van der Waals surface area contributed by atoms with Gasteiger partial charge in [-0.1, -0.05) is 12.1 Å². The number of hydrogen-bond donors (Lipinski definition) is 2. The topological polar surface area (TPSA) is 93.2 Å². The molecule has 33 heavy (non-hydrogen) atoms. The largest absolute Gasteiger partial charge is 0.468 e. The average molecular weight is 462 g/mol. The Kier molecular flexibility index (Phi) is 7.21. The number of ether oxygens (including phenoxy) is 1. The smallest absolute Gasteiger partial charge is 0.422 e. The van der Waals surface area contributed by atoms with Crippen molar-refractivity contribution in [3.8, 4) is 17.0 Å². The summed E-state index contributed by atoms with van der Waals surface area (Å²) in [7, 11) is 0. The number of carbonyl (C=O) groups excluding carboxylic acids is 2. The lowest BCUT2D eigenvalue weighted by Gasteiger charge is -2.14. The number of carbonyl (C=O) groups is 2. The molecule has 0 saturated heterocycles. The molecule has 0 aliphatic heterocycles. The fourth-order valence-corrected chi connectivity index (χ4v) is 2.80. The molecule has 11 heteroatoms. The Morgan fingerprint density at radius 1 is 1.06 bits per heavy atom. The number of nitrogens with one attached hydrogen (secondary N) is 2. The Morgan fingerprint density at radius 3 is 2.45 bits per heavy atom. The van der Waals surface area contributed by atoms with Crippen LogP contribution in [0.2, 0.25) is 0 Å². The summed E-state index contributed by atoms with van der Waals surface area (Å²) >= 11 is 0. The van der Waals surface area contributed by atoms with E-state index in [1.165, 1.54) is 49.6 Å². The molecular formula is C22H18F4N4O3. The molecule has 0 bridgehead atoms. The first-order chi connectivity index (χ1) is 15.6. The van der Waals surface area contributed by atoms with Crippen LogP contribution in [0.15, 0.2) is 54.9 Å². The van der Waals surface area contributed by atoms with Gasteiger partial charge in [0.05, 0.1) is 0 Å². The van der Waals surface area contributed by atoms with Crippen molar-refractivity contribution in [1.29, 1.82) is 0 Å². The molecule has 172 valence electrons. The van der Waals surface area contributed by atoms with Gasteiger partial charge in [0, 0.05) is 37.0 Å². The Morgan fingerprint density at radius 2 is 1.79 bits per heavy atom. The summed E-state index contributed by atoms with van der Waals surface area (Å²) in [4.78, 5) is 31.5. The van der Waals surface area contributed by atoms with Crippen LogP contribution in [0.3, 0.4) is 0 Å². The highest BCUT2D eigenvalue weighted by Crippen LogP contribution is 2.30. The molecule has 7 nitrogen and oxygen atoms in total. The first-order valence-corrected chi connectivity index (χ1v) is 9.57. The van der Waals surface area contributed by atoms with Gasteiger partial charge in [0.1, 0.15) is 11.6 Å². The average Bonchev–Trinajstić information content (AvgIpc) is 2.76. The number of amides is 2. The maximum Gasteiger partial charge on any atom is 0.422 e. The lowest BCUT2D eigenvalue weighted by Crippen LogP contribution is -2.23. The van der Waals surface area contributed by atoms with E-state index in [0.717, 1.165) is 12.1 Å². The predicted molar refractivity (Wildman–Crippen MR) is 111 cm³/mol. The number of benzene rings is 1. The molecule has 2 aromatic heterocycles. The molecule has 0 radical (unpaired) electrons. The van der Waals surface area contributed by atoms with Crippen molar-refractivity contribution in [2.75, 3.05) is 11.9 Å². The maximum atomic E-state index is 13.3. The van der Waals surface area contributed by atoms with Gasteiger partial charge < -0.3 is 15.4 Å².